The Bertz CT molecular complexity index is 651. The van der Waals surface area contributed by atoms with Crippen LogP contribution in [0.2, 0.25) is 0 Å². The van der Waals surface area contributed by atoms with Crippen LogP contribution in [-0.4, -0.2) is 25.4 Å². The summed E-state index contributed by atoms with van der Waals surface area (Å²) in [5.74, 6) is -0.288. The van der Waals surface area contributed by atoms with Crippen LogP contribution in [0.1, 0.15) is 5.56 Å². The zero-order valence-electron chi connectivity index (χ0n) is 12.4. The van der Waals surface area contributed by atoms with Crippen LogP contribution < -0.4 is 15.6 Å². The number of rotatable bonds is 4. The van der Waals surface area contributed by atoms with E-state index in [9.17, 15) is 4.39 Å². The molecule has 2 rings (SSSR count). The molecule has 0 aliphatic rings. The van der Waals surface area contributed by atoms with E-state index in [1.165, 1.54) is 12.1 Å². The highest BCUT2D eigenvalue weighted by molar-refractivity contribution is 7.80. The number of hydrogen-bond donors (Lipinski definition) is 2. The Kier molecular flexibility index (Phi) is 5.43. The van der Waals surface area contributed by atoms with Crippen molar-refractivity contribution >= 4 is 34.9 Å². The minimum Gasteiger partial charge on any atom is -0.378 e. The maximum absolute atomic E-state index is 12.8. The summed E-state index contributed by atoms with van der Waals surface area (Å²) in [6, 6.07) is 13.9. The smallest absolute Gasteiger partial charge is 0.191 e. The number of hydrogen-bond acceptors (Lipinski definition) is 3. The molecule has 2 aromatic rings. The first-order valence-corrected chi connectivity index (χ1v) is 7.08. The molecule has 114 valence electrons. The minimum absolute atomic E-state index is 0.288. The zero-order chi connectivity index (χ0) is 15.9. The minimum atomic E-state index is -0.288. The second-order valence-corrected chi connectivity index (χ2v) is 5.23. The summed E-state index contributed by atoms with van der Waals surface area (Å²) in [6.45, 7) is 0. The van der Waals surface area contributed by atoms with Crippen molar-refractivity contribution in [3.63, 3.8) is 0 Å². The third-order valence-electron chi connectivity index (χ3n) is 2.89. The van der Waals surface area contributed by atoms with Gasteiger partial charge in [0.2, 0.25) is 0 Å². The summed E-state index contributed by atoms with van der Waals surface area (Å²) in [5.41, 5.74) is 5.50. The predicted octanol–water partition coefficient (Wildman–Crippen LogP) is 3.21. The Balaban J connectivity index is 1.86. The molecule has 22 heavy (non-hydrogen) atoms. The first-order chi connectivity index (χ1) is 10.5. The molecule has 0 aliphatic heterocycles. The average molecular weight is 316 g/mol. The van der Waals surface area contributed by atoms with Gasteiger partial charge in [0, 0.05) is 25.5 Å². The van der Waals surface area contributed by atoms with Crippen LogP contribution in [0.15, 0.2) is 53.6 Å². The topological polar surface area (TPSA) is 39.7 Å². The molecule has 0 heterocycles. The number of nitrogens with zero attached hydrogens (tertiary/aromatic N) is 2. The largest absolute Gasteiger partial charge is 0.378 e. The van der Waals surface area contributed by atoms with Gasteiger partial charge in [-0.05, 0) is 54.2 Å². The van der Waals surface area contributed by atoms with Crippen molar-refractivity contribution in [3.05, 3.63) is 59.9 Å². The van der Waals surface area contributed by atoms with Crippen LogP contribution in [0.25, 0.3) is 0 Å². The Labute approximate surface area is 134 Å². The lowest BCUT2D eigenvalue weighted by Crippen LogP contribution is -2.23. The van der Waals surface area contributed by atoms with Gasteiger partial charge in [-0.2, -0.15) is 5.10 Å². The van der Waals surface area contributed by atoms with E-state index in [1.54, 1.807) is 18.3 Å². The van der Waals surface area contributed by atoms with Crippen molar-refractivity contribution in [2.24, 2.45) is 5.10 Å². The van der Waals surface area contributed by atoms with E-state index in [4.69, 9.17) is 12.2 Å². The molecular weight excluding hydrogens is 299 g/mol. The lowest BCUT2D eigenvalue weighted by molar-refractivity contribution is 0.628. The van der Waals surface area contributed by atoms with E-state index in [-0.39, 0.29) is 5.82 Å². The van der Waals surface area contributed by atoms with E-state index in [1.807, 2.05) is 43.3 Å². The third-order valence-corrected chi connectivity index (χ3v) is 3.08. The SMILES string of the molecule is CN(C)c1ccc(/C=N\NC(=S)Nc2ccc(F)cc2)cc1. The molecule has 0 atom stereocenters. The maximum Gasteiger partial charge on any atom is 0.191 e. The predicted molar refractivity (Wildman–Crippen MR) is 94.1 cm³/mol. The fourth-order valence-electron chi connectivity index (χ4n) is 1.72. The lowest BCUT2D eigenvalue weighted by atomic mass is 10.2. The molecule has 6 heteroatoms. The van der Waals surface area contributed by atoms with Crippen molar-refractivity contribution in [2.45, 2.75) is 0 Å². The quantitative estimate of drug-likeness (QED) is 0.516. The number of halogens is 1. The summed E-state index contributed by atoms with van der Waals surface area (Å²) < 4.78 is 12.8. The van der Waals surface area contributed by atoms with E-state index < -0.39 is 0 Å². The highest BCUT2D eigenvalue weighted by atomic mass is 32.1. The molecule has 0 bridgehead atoms. The molecule has 0 spiro atoms. The van der Waals surface area contributed by atoms with Crippen LogP contribution in [0.3, 0.4) is 0 Å². The highest BCUT2D eigenvalue weighted by Crippen LogP contribution is 2.11. The van der Waals surface area contributed by atoms with Gasteiger partial charge < -0.3 is 10.2 Å². The summed E-state index contributed by atoms with van der Waals surface area (Å²) in [7, 11) is 3.98. The molecule has 0 fully saturated rings. The molecule has 4 nitrogen and oxygen atoms in total. The second kappa shape index (κ2) is 7.51. The van der Waals surface area contributed by atoms with E-state index in [2.05, 4.69) is 15.8 Å². The van der Waals surface area contributed by atoms with Gasteiger partial charge in [-0.25, -0.2) is 4.39 Å². The van der Waals surface area contributed by atoms with Crippen molar-refractivity contribution < 1.29 is 4.39 Å². The van der Waals surface area contributed by atoms with Gasteiger partial charge in [-0.15, -0.1) is 0 Å². The summed E-state index contributed by atoms with van der Waals surface area (Å²) in [4.78, 5) is 2.03. The Hall–Kier alpha value is -2.47. The van der Waals surface area contributed by atoms with Crippen molar-refractivity contribution in [2.75, 3.05) is 24.3 Å². The van der Waals surface area contributed by atoms with Gasteiger partial charge in [-0.3, -0.25) is 5.43 Å². The standard InChI is InChI=1S/C16H17FN4S/c1-21(2)15-9-3-12(4-10-15)11-18-20-16(22)19-14-7-5-13(17)6-8-14/h3-11H,1-2H3,(H2,19,20,22)/b18-11-. The first kappa shape index (κ1) is 15.9. The molecule has 2 N–H and O–H groups in total. The van der Waals surface area contributed by atoms with E-state index >= 15 is 0 Å². The first-order valence-electron chi connectivity index (χ1n) is 6.67. The third kappa shape index (κ3) is 4.82. The zero-order valence-corrected chi connectivity index (χ0v) is 13.2. The number of anilines is 2. The molecular formula is C16H17FN4S. The summed E-state index contributed by atoms with van der Waals surface area (Å²) in [6.07, 6.45) is 1.68. The van der Waals surface area contributed by atoms with Gasteiger partial charge in [0.05, 0.1) is 6.21 Å². The molecule has 0 aliphatic carbocycles. The normalized spacial score (nSPS) is 10.5. The molecule has 0 aromatic heterocycles. The van der Waals surface area contributed by atoms with Crippen LogP contribution >= 0.6 is 12.2 Å². The Morgan fingerprint density at radius 3 is 2.32 bits per heavy atom. The van der Waals surface area contributed by atoms with Gasteiger partial charge in [0.15, 0.2) is 5.11 Å². The molecule has 0 amide bonds. The second-order valence-electron chi connectivity index (χ2n) is 4.82. The fraction of sp³-hybridized carbons (Fsp3) is 0.125. The van der Waals surface area contributed by atoms with Crippen LogP contribution in [0.4, 0.5) is 15.8 Å². The monoisotopic (exact) mass is 316 g/mol. The van der Waals surface area contributed by atoms with Crippen LogP contribution in [0.5, 0.6) is 0 Å². The van der Waals surface area contributed by atoms with Gasteiger partial charge in [-0.1, -0.05) is 12.1 Å². The van der Waals surface area contributed by atoms with Crippen molar-refractivity contribution in [1.82, 2.24) is 5.43 Å². The van der Waals surface area contributed by atoms with Gasteiger partial charge in [0.25, 0.3) is 0 Å². The van der Waals surface area contributed by atoms with Crippen LogP contribution in [-0.2, 0) is 0 Å². The average Bonchev–Trinajstić information content (AvgIpc) is 2.50. The number of thiocarbonyl (C=S) groups is 1. The molecule has 0 saturated heterocycles. The lowest BCUT2D eigenvalue weighted by Gasteiger charge is -2.11. The summed E-state index contributed by atoms with van der Waals surface area (Å²) >= 11 is 5.10. The summed E-state index contributed by atoms with van der Waals surface area (Å²) in [5, 5.41) is 7.32. The van der Waals surface area contributed by atoms with Crippen molar-refractivity contribution in [1.29, 1.82) is 0 Å². The van der Waals surface area contributed by atoms with Crippen LogP contribution in [0, 0.1) is 5.82 Å². The number of nitrogens with one attached hydrogen (secondary N) is 2. The van der Waals surface area contributed by atoms with Gasteiger partial charge in [0.1, 0.15) is 5.82 Å². The number of hydrazone groups is 1. The van der Waals surface area contributed by atoms with Gasteiger partial charge >= 0.3 is 0 Å². The van der Waals surface area contributed by atoms with E-state index in [0.717, 1.165) is 11.3 Å². The number of benzene rings is 2. The Morgan fingerprint density at radius 2 is 1.73 bits per heavy atom. The Morgan fingerprint density at radius 1 is 1.09 bits per heavy atom. The fourth-order valence-corrected chi connectivity index (χ4v) is 1.89. The molecule has 0 saturated carbocycles. The molecule has 2 aromatic carbocycles. The van der Waals surface area contributed by atoms with E-state index in [0.29, 0.717) is 10.8 Å². The maximum atomic E-state index is 12.8. The van der Waals surface area contributed by atoms with Crippen molar-refractivity contribution in [3.8, 4) is 0 Å². The molecule has 0 radical (unpaired) electrons. The highest BCUT2D eigenvalue weighted by Gasteiger charge is 1.97. The molecule has 0 unspecified atom stereocenters.